The van der Waals surface area contributed by atoms with Gasteiger partial charge in [0.05, 0.1) is 0 Å². The summed E-state index contributed by atoms with van der Waals surface area (Å²) in [5, 5.41) is 0. The van der Waals surface area contributed by atoms with Gasteiger partial charge in [-0.25, -0.2) is 4.79 Å². The third-order valence-corrected chi connectivity index (χ3v) is 10.6. The molecule has 4 heteroatoms. The highest BCUT2D eigenvalue weighted by Gasteiger charge is 2.44. The number of esters is 1. The molecule has 1 aliphatic heterocycles. The number of hydrogen-bond acceptors (Lipinski definition) is 3. The molecule has 0 amide bonds. The van der Waals surface area contributed by atoms with Crippen molar-refractivity contribution in [2.75, 3.05) is 6.61 Å². The maximum absolute atomic E-state index is 11.2. The maximum Gasteiger partial charge on any atom is 0.330 e. The number of carbonyl (C=O) groups excluding carboxylic acids is 1. The Labute approximate surface area is 124 Å². The van der Waals surface area contributed by atoms with E-state index in [1.54, 1.807) is 0 Å². The zero-order chi connectivity index (χ0) is 15.3. The number of hydrogen-bond donors (Lipinski definition) is 0. The highest BCUT2D eigenvalue weighted by atomic mass is 28.4. The Hall–Kier alpha value is -0.613. The molecule has 0 fully saturated rings. The van der Waals surface area contributed by atoms with Gasteiger partial charge in [-0.1, -0.05) is 47.6 Å². The zero-order valence-electron chi connectivity index (χ0n) is 13.8. The number of cyclic esters (lactones) is 1. The summed E-state index contributed by atoms with van der Waals surface area (Å²) < 4.78 is 11.8. The third kappa shape index (κ3) is 3.95. The summed E-state index contributed by atoms with van der Waals surface area (Å²) in [4.78, 5) is 11.2. The monoisotopic (exact) mass is 298 g/mol. The van der Waals surface area contributed by atoms with Gasteiger partial charge in [0.25, 0.3) is 0 Å². The van der Waals surface area contributed by atoms with Crippen molar-refractivity contribution in [1.29, 1.82) is 0 Å². The van der Waals surface area contributed by atoms with Crippen molar-refractivity contribution in [1.82, 2.24) is 0 Å². The number of rotatable bonds is 7. The van der Waals surface area contributed by atoms with Gasteiger partial charge in [0.2, 0.25) is 0 Å². The van der Waals surface area contributed by atoms with Gasteiger partial charge in [-0.2, -0.15) is 0 Å². The molecule has 0 aromatic rings. The number of ether oxygens (including phenoxy) is 1. The van der Waals surface area contributed by atoms with Crippen LogP contribution in [0.5, 0.6) is 0 Å². The molecule has 0 N–H and O–H groups in total. The summed E-state index contributed by atoms with van der Waals surface area (Å²) in [6.45, 7) is 14.4. The highest BCUT2D eigenvalue weighted by Crippen LogP contribution is 2.42. The first-order valence-corrected chi connectivity index (χ1v) is 9.95. The van der Waals surface area contributed by atoms with Crippen molar-refractivity contribution in [3.8, 4) is 0 Å². The number of carbonyl (C=O) groups is 1. The van der Waals surface area contributed by atoms with Gasteiger partial charge >= 0.3 is 5.97 Å². The molecule has 20 heavy (non-hydrogen) atoms. The second-order valence-corrected chi connectivity index (χ2v) is 12.1. The van der Waals surface area contributed by atoms with Gasteiger partial charge in [0, 0.05) is 25.5 Å². The Morgan fingerprint density at radius 2 is 1.75 bits per heavy atom. The van der Waals surface area contributed by atoms with Crippen molar-refractivity contribution in [2.24, 2.45) is 0 Å². The molecule has 116 valence electrons. The average molecular weight is 298 g/mol. The minimum atomic E-state index is -1.79. The Morgan fingerprint density at radius 1 is 1.20 bits per heavy atom. The molecule has 0 saturated carbocycles. The van der Waals surface area contributed by atoms with Crippen molar-refractivity contribution < 1.29 is 14.0 Å². The first-order chi connectivity index (χ1) is 9.30. The molecule has 0 saturated heterocycles. The van der Waals surface area contributed by atoms with E-state index in [2.05, 4.69) is 41.5 Å². The molecule has 0 spiro atoms. The first-order valence-electron chi connectivity index (χ1n) is 7.81. The van der Waals surface area contributed by atoms with Gasteiger partial charge in [0.15, 0.2) is 8.32 Å². The van der Waals surface area contributed by atoms with Gasteiger partial charge < -0.3 is 9.16 Å². The van der Waals surface area contributed by atoms with Crippen LogP contribution in [0.3, 0.4) is 0 Å². The fourth-order valence-corrected chi connectivity index (χ4v) is 9.08. The van der Waals surface area contributed by atoms with E-state index in [-0.39, 0.29) is 12.1 Å². The van der Waals surface area contributed by atoms with Crippen molar-refractivity contribution in [3.63, 3.8) is 0 Å². The largest absolute Gasteiger partial charge is 0.459 e. The van der Waals surface area contributed by atoms with E-state index < -0.39 is 8.32 Å². The second kappa shape index (κ2) is 7.41. The van der Waals surface area contributed by atoms with E-state index >= 15 is 0 Å². The lowest BCUT2D eigenvalue weighted by atomic mass is 10.1. The molecule has 3 nitrogen and oxygen atoms in total. The molecule has 0 aromatic heterocycles. The summed E-state index contributed by atoms with van der Waals surface area (Å²) in [6, 6.07) is 0. The molecule has 0 radical (unpaired) electrons. The fraction of sp³-hybridized carbons (Fsp3) is 0.812. The van der Waals surface area contributed by atoms with E-state index in [0.717, 1.165) is 12.8 Å². The van der Waals surface area contributed by atoms with Crippen LogP contribution in [0.2, 0.25) is 16.6 Å². The third-order valence-electron chi connectivity index (χ3n) is 4.43. The Balaban J connectivity index is 2.59. The molecule has 1 atom stereocenters. The van der Waals surface area contributed by atoms with Crippen molar-refractivity contribution in [2.45, 2.75) is 77.1 Å². The predicted octanol–water partition coefficient (Wildman–Crippen LogP) is 4.44. The van der Waals surface area contributed by atoms with Crippen molar-refractivity contribution in [3.05, 3.63) is 12.2 Å². The van der Waals surface area contributed by atoms with Crippen LogP contribution in [0.25, 0.3) is 0 Å². The summed E-state index contributed by atoms with van der Waals surface area (Å²) in [5.74, 6) is -0.221. The van der Waals surface area contributed by atoms with Gasteiger partial charge in [-0.3, -0.25) is 0 Å². The van der Waals surface area contributed by atoms with E-state index in [4.69, 9.17) is 9.16 Å². The molecule has 0 bridgehead atoms. The topological polar surface area (TPSA) is 35.5 Å². The molecule has 0 aliphatic carbocycles. The zero-order valence-corrected chi connectivity index (χ0v) is 14.8. The van der Waals surface area contributed by atoms with Crippen LogP contribution in [-0.4, -0.2) is 27.0 Å². The molecule has 1 unspecified atom stereocenters. The molecule has 1 heterocycles. The summed E-state index contributed by atoms with van der Waals surface area (Å²) in [6.07, 6.45) is 5.01. The second-order valence-electron chi connectivity index (χ2n) is 6.65. The SMILES string of the molecule is CC(C)[Si](OCCC1CC=CC(=O)O1)(C(C)C)C(C)C. The van der Waals surface area contributed by atoms with E-state index in [9.17, 15) is 4.79 Å². The van der Waals surface area contributed by atoms with Crippen LogP contribution in [-0.2, 0) is 14.0 Å². The molecule has 0 aromatic carbocycles. The lowest BCUT2D eigenvalue weighted by Gasteiger charge is -2.42. The van der Waals surface area contributed by atoms with Crippen LogP contribution < -0.4 is 0 Å². The Morgan fingerprint density at radius 3 is 2.20 bits per heavy atom. The quantitative estimate of drug-likeness (QED) is 0.515. The van der Waals surface area contributed by atoms with Crippen LogP contribution in [0.15, 0.2) is 12.2 Å². The van der Waals surface area contributed by atoms with E-state index in [1.807, 2.05) is 6.08 Å². The maximum atomic E-state index is 11.2. The van der Waals surface area contributed by atoms with Crippen LogP contribution >= 0.6 is 0 Å². The van der Waals surface area contributed by atoms with Gasteiger partial charge in [0.1, 0.15) is 6.10 Å². The summed E-state index contributed by atoms with van der Waals surface area (Å²) >= 11 is 0. The molecule has 1 aliphatic rings. The van der Waals surface area contributed by atoms with Gasteiger partial charge in [-0.05, 0) is 16.6 Å². The minimum absolute atomic E-state index is 0.00862. The summed E-state index contributed by atoms with van der Waals surface area (Å²) in [7, 11) is -1.79. The molecular formula is C16H30O3Si. The average Bonchev–Trinajstić information content (AvgIpc) is 2.33. The van der Waals surface area contributed by atoms with Crippen LogP contribution in [0, 0.1) is 0 Å². The standard InChI is InChI=1S/C16H30O3Si/c1-12(2)20(13(3)4,14(5)6)18-11-10-15-8-7-9-16(17)19-15/h7,9,12-15H,8,10-11H2,1-6H3. The Kier molecular flexibility index (Phi) is 6.46. The lowest BCUT2D eigenvalue weighted by Crippen LogP contribution is -2.48. The predicted molar refractivity (Wildman–Crippen MR) is 85.3 cm³/mol. The lowest BCUT2D eigenvalue weighted by molar-refractivity contribution is -0.144. The highest BCUT2D eigenvalue weighted by molar-refractivity contribution is 6.77. The normalized spacial score (nSPS) is 20.1. The summed E-state index contributed by atoms with van der Waals surface area (Å²) in [5.41, 5.74) is 1.78. The smallest absolute Gasteiger partial charge is 0.330 e. The minimum Gasteiger partial charge on any atom is -0.459 e. The van der Waals surface area contributed by atoms with Crippen LogP contribution in [0.4, 0.5) is 0 Å². The first kappa shape index (κ1) is 17.4. The van der Waals surface area contributed by atoms with Crippen molar-refractivity contribution >= 4 is 14.3 Å². The van der Waals surface area contributed by atoms with E-state index in [1.165, 1.54) is 6.08 Å². The molecular weight excluding hydrogens is 268 g/mol. The van der Waals surface area contributed by atoms with Crippen LogP contribution in [0.1, 0.15) is 54.4 Å². The van der Waals surface area contributed by atoms with E-state index in [0.29, 0.717) is 23.2 Å². The van der Waals surface area contributed by atoms with Gasteiger partial charge in [-0.15, -0.1) is 0 Å². The Bertz CT molecular complexity index is 326. The molecule has 1 rings (SSSR count). The fourth-order valence-electron chi connectivity index (χ4n) is 3.61.